The van der Waals surface area contributed by atoms with Crippen LogP contribution in [0.4, 0.5) is 16.5 Å². The standard InChI is InChI=1S/C22H18N4OS2/c1-13-11-29-22(23-13)24-17-6-3-14(4-7-17)21-25-18(12-28-21)15-5-8-19-16(9-15)10-20(27)26(19)2/h3-9,11-12H,10H2,1-2H3,(H,23,24). The molecule has 5 rings (SSSR count). The maximum absolute atomic E-state index is 11.9. The van der Waals surface area contributed by atoms with E-state index in [4.69, 9.17) is 4.98 Å². The summed E-state index contributed by atoms with van der Waals surface area (Å²) in [6, 6.07) is 14.4. The van der Waals surface area contributed by atoms with Gasteiger partial charge in [-0.2, -0.15) is 0 Å². The van der Waals surface area contributed by atoms with Gasteiger partial charge in [-0.15, -0.1) is 22.7 Å². The van der Waals surface area contributed by atoms with Gasteiger partial charge in [-0.1, -0.05) is 6.07 Å². The molecule has 0 saturated heterocycles. The zero-order valence-corrected chi connectivity index (χ0v) is 17.6. The number of carbonyl (C=O) groups excluding carboxylic acids is 1. The molecule has 1 aliphatic heterocycles. The number of aryl methyl sites for hydroxylation is 1. The van der Waals surface area contributed by atoms with Crippen LogP contribution in [0.3, 0.4) is 0 Å². The maximum atomic E-state index is 11.9. The number of nitrogens with zero attached hydrogens (tertiary/aromatic N) is 3. The van der Waals surface area contributed by atoms with E-state index in [1.165, 1.54) is 0 Å². The van der Waals surface area contributed by atoms with Crippen LogP contribution in [-0.2, 0) is 11.2 Å². The summed E-state index contributed by atoms with van der Waals surface area (Å²) in [7, 11) is 1.82. The van der Waals surface area contributed by atoms with E-state index in [-0.39, 0.29) is 5.91 Å². The minimum absolute atomic E-state index is 0.137. The monoisotopic (exact) mass is 418 g/mol. The number of thiazole rings is 2. The highest BCUT2D eigenvalue weighted by molar-refractivity contribution is 7.14. The Bertz CT molecular complexity index is 1210. The molecule has 0 atom stereocenters. The first-order valence-corrected chi connectivity index (χ1v) is 11.0. The van der Waals surface area contributed by atoms with Crippen LogP contribution in [0.25, 0.3) is 21.8 Å². The second kappa shape index (κ2) is 7.09. The van der Waals surface area contributed by atoms with Crippen molar-refractivity contribution in [2.24, 2.45) is 0 Å². The second-order valence-electron chi connectivity index (χ2n) is 7.01. The Morgan fingerprint density at radius 1 is 1.00 bits per heavy atom. The number of carbonyl (C=O) groups is 1. The summed E-state index contributed by atoms with van der Waals surface area (Å²) >= 11 is 3.22. The summed E-state index contributed by atoms with van der Waals surface area (Å²) in [5.41, 5.74) is 7.16. The smallest absolute Gasteiger partial charge is 0.231 e. The zero-order chi connectivity index (χ0) is 20.0. The highest BCUT2D eigenvalue weighted by atomic mass is 32.1. The van der Waals surface area contributed by atoms with Crippen molar-refractivity contribution in [1.29, 1.82) is 0 Å². The number of hydrogen-bond acceptors (Lipinski definition) is 6. The van der Waals surface area contributed by atoms with Gasteiger partial charge >= 0.3 is 0 Å². The lowest BCUT2D eigenvalue weighted by Gasteiger charge is -2.09. The summed E-state index contributed by atoms with van der Waals surface area (Å²) in [4.78, 5) is 22.9. The van der Waals surface area contributed by atoms with Crippen molar-refractivity contribution in [2.75, 3.05) is 17.3 Å². The predicted octanol–water partition coefficient (Wildman–Crippen LogP) is 5.50. The number of hydrogen-bond donors (Lipinski definition) is 1. The van der Waals surface area contributed by atoms with Crippen LogP contribution < -0.4 is 10.2 Å². The van der Waals surface area contributed by atoms with Gasteiger partial charge in [0.25, 0.3) is 0 Å². The minimum atomic E-state index is 0.137. The topological polar surface area (TPSA) is 58.1 Å². The fourth-order valence-electron chi connectivity index (χ4n) is 3.40. The number of amides is 1. The van der Waals surface area contributed by atoms with Crippen molar-refractivity contribution in [3.8, 4) is 21.8 Å². The van der Waals surface area contributed by atoms with Crippen LogP contribution in [-0.4, -0.2) is 22.9 Å². The molecule has 3 heterocycles. The second-order valence-corrected chi connectivity index (χ2v) is 8.72. The van der Waals surface area contributed by atoms with Gasteiger partial charge in [0.05, 0.1) is 17.8 Å². The van der Waals surface area contributed by atoms with E-state index in [1.807, 2.05) is 43.6 Å². The number of benzene rings is 2. The number of rotatable bonds is 4. The van der Waals surface area contributed by atoms with Gasteiger partial charge in [0.15, 0.2) is 5.13 Å². The molecule has 0 unspecified atom stereocenters. The van der Waals surface area contributed by atoms with Crippen molar-refractivity contribution in [2.45, 2.75) is 13.3 Å². The fourth-order valence-corrected chi connectivity index (χ4v) is 4.94. The van der Waals surface area contributed by atoms with Crippen LogP contribution in [0.5, 0.6) is 0 Å². The molecule has 0 aliphatic carbocycles. The van der Waals surface area contributed by atoms with Crippen molar-refractivity contribution in [3.63, 3.8) is 0 Å². The van der Waals surface area contributed by atoms with E-state index in [9.17, 15) is 4.79 Å². The molecule has 0 radical (unpaired) electrons. The van der Waals surface area contributed by atoms with E-state index in [2.05, 4.69) is 33.9 Å². The molecule has 1 amide bonds. The molecule has 0 bridgehead atoms. The summed E-state index contributed by atoms with van der Waals surface area (Å²) in [6.45, 7) is 1.99. The lowest BCUT2D eigenvalue weighted by Crippen LogP contribution is -2.20. The molecule has 2 aromatic heterocycles. The number of likely N-dealkylation sites (N-methyl/N-ethyl adjacent to an activating group) is 1. The van der Waals surface area contributed by atoms with Crippen molar-refractivity contribution in [1.82, 2.24) is 9.97 Å². The Morgan fingerprint density at radius 2 is 1.79 bits per heavy atom. The third-order valence-electron chi connectivity index (χ3n) is 4.96. The molecule has 0 spiro atoms. The Labute approximate surface area is 176 Å². The fraction of sp³-hybridized carbons (Fsp3) is 0.136. The summed E-state index contributed by atoms with van der Waals surface area (Å²) < 4.78 is 0. The Hall–Kier alpha value is -3.03. The zero-order valence-electron chi connectivity index (χ0n) is 16.0. The maximum Gasteiger partial charge on any atom is 0.231 e. The number of fused-ring (bicyclic) bond motifs is 1. The molecule has 7 heteroatoms. The molecule has 0 saturated carbocycles. The quantitative estimate of drug-likeness (QED) is 0.475. The summed E-state index contributed by atoms with van der Waals surface area (Å²) in [5.74, 6) is 0.137. The van der Waals surface area contributed by atoms with E-state index < -0.39 is 0 Å². The summed E-state index contributed by atoms with van der Waals surface area (Å²) in [6.07, 6.45) is 0.462. The molecule has 4 aromatic rings. The van der Waals surface area contributed by atoms with Gasteiger partial charge in [0.1, 0.15) is 5.01 Å². The van der Waals surface area contributed by atoms with Crippen molar-refractivity contribution in [3.05, 3.63) is 64.5 Å². The first kappa shape index (κ1) is 18.0. The predicted molar refractivity (Wildman–Crippen MR) is 120 cm³/mol. The van der Waals surface area contributed by atoms with Gasteiger partial charge in [0, 0.05) is 40.3 Å². The van der Waals surface area contributed by atoms with Crippen molar-refractivity contribution >= 4 is 45.1 Å². The average molecular weight is 419 g/mol. The molecule has 5 nitrogen and oxygen atoms in total. The van der Waals surface area contributed by atoms with Crippen LogP contribution in [0.1, 0.15) is 11.3 Å². The van der Waals surface area contributed by atoms with Crippen LogP contribution in [0.15, 0.2) is 53.2 Å². The van der Waals surface area contributed by atoms with Gasteiger partial charge in [0.2, 0.25) is 5.91 Å². The van der Waals surface area contributed by atoms with E-state index in [0.29, 0.717) is 6.42 Å². The minimum Gasteiger partial charge on any atom is -0.332 e. The Kier molecular flexibility index (Phi) is 4.41. The normalized spacial score (nSPS) is 13.0. The number of anilines is 3. The first-order chi connectivity index (χ1) is 14.1. The molecule has 29 heavy (non-hydrogen) atoms. The Balaban J connectivity index is 1.36. The van der Waals surface area contributed by atoms with Gasteiger partial charge < -0.3 is 10.2 Å². The largest absolute Gasteiger partial charge is 0.332 e. The molecule has 2 aromatic carbocycles. The average Bonchev–Trinajstić information content (AvgIpc) is 3.43. The lowest BCUT2D eigenvalue weighted by atomic mass is 10.1. The highest BCUT2D eigenvalue weighted by Crippen LogP contribution is 2.34. The molecule has 144 valence electrons. The lowest BCUT2D eigenvalue weighted by molar-refractivity contribution is -0.117. The molecule has 1 aliphatic rings. The van der Waals surface area contributed by atoms with E-state index in [1.54, 1.807) is 27.6 Å². The van der Waals surface area contributed by atoms with E-state index >= 15 is 0 Å². The molecule has 0 fully saturated rings. The molecular weight excluding hydrogens is 400 g/mol. The first-order valence-electron chi connectivity index (χ1n) is 9.22. The van der Waals surface area contributed by atoms with Crippen LogP contribution in [0.2, 0.25) is 0 Å². The third-order valence-corrected chi connectivity index (χ3v) is 6.73. The number of nitrogens with one attached hydrogen (secondary N) is 1. The summed E-state index contributed by atoms with van der Waals surface area (Å²) in [5, 5.41) is 9.30. The third kappa shape index (κ3) is 3.43. The molecule has 1 N–H and O–H groups in total. The van der Waals surface area contributed by atoms with Crippen LogP contribution >= 0.6 is 22.7 Å². The SMILES string of the molecule is Cc1csc(Nc2ccc(-c3nc(-c4ccc5c(c4)CC(=O)N5C)cs3)cc2)n1. The van der Waals surface area contributed by atoms with Crippen LogP contribution in [0, 0.1) is 6.92 Å². The Morgan fingerprint density at radius 3 is 2.55 bits per heavy atom. The van der Waals surface area contributed by atoms with Gasteiger partial charge in [-0.3, -0.25) is 4.79 Å². The number of aromatic nitrogens is 2. The van der Waals surface area contributed by atoms with E-state index in [0.717, 1.165) is 49.6 Å². The highest BCUT2D eigenvalue weighted by Gasteiger charge is 2.24. The van der Waals surface area contributed by atoms with Gasteiger partial charge in [-0.25, -0.2) is 9.97 Å². The van der Waals surface area contributed by atoms with Crippen molar-refractivity contribution < 1.29 is 4.79 Å². The molecular formula is C22H18N4OS2. The van der Waals surface area contributed by atoms with Gasteiger partial charge in [-0.05, 0) is 48.9 Å².